The van der Waals surface area contributed by atoms with Crippen molar-refractivity contribution in [2.24, 2.45) is 0 Å². The van der Waals surface area contributed by atoms with Crippen LogP contribution in [-0.4, -0.2) is 5.11 Å². The van der Waals surface area contributed by atoms with E-state index in [9.17, 15) is 5.11 Å². The van der Waals surface area contributed by atoms with E-state index in [0.29, 0.717) is 22.3 Å². The van der Waals surface area contributed by atoms with Crippen LogP contribution in [0.15, 0.2) is 36.4 Å². The SMILES string of the molecule is N#Cc1cccc(-c2c(Cl)ccc(O)c2C2CCCCC2)c1. The van der Waals surface area contributed by atoms with Gasteiger partial charge in [-0.25, -0.2) is 0 Å². The van der Waals surface area contributed by atoms with E-state index in [1.54, 1.807) is 18.2 Å². The first-order chi connectivity index (χ1) is 10.7. The van der Waals surface area contributed by atoms with Gasteiger partial charge in [-0.2, -0.15) is 5.26 Å². The first kappa shape index (κ1) is 14.9. The highest BCUT2D eigenvalue weighted by Gasteiger charge is 2.24. The van der Waals surface area contributed by atoms with Crippen molar-refractivity contribution in [3.8, 4) is 22.9 Å². The van der Waals surface area contributed by atoms with E-state index in [0.717, 1.165) is 29.5 Å². The molecule has 3 rings (SSSR count). The molecule has 1 saturated carbocycles. The lowest BCUT2D eigenvalue weighted by molar-refractivity contribution is 0.415. The van der Waals surface area contributed by atoms with Gasteiger partial charge in [0.05, 0.1) is 11.6 Å². The highest BCUT2D eigenvalue weighted by atomic mass is 35.5. The number of nitriles is 1. The van der Waals surface area contributed by atoms with Crippen LogP contribution < -0.4 is 0 Å². The van der Waals surface area contributed by atoms with Crippen LogP contribution in [0.2, 0.25) is 5.02 Å². The number of phenols is 1. The largest absolute Gasteiger partial charge is 0.508 e. The average Bonchev–Trinajstić information content (AvgIpc) is 2.57. The Labute approximate surface area is 136 Å². The molecule has 3 heteroatoms. The summed E-state index contributed by atoms with van der Waals surface area (Å²) >= 11 is 6.46. The molecule has 0 aliphatic heterocycles. The molecule has 1 N–H and O–H groups in total. The van der Waals surface area contributed by atoms with Crippen LogP contribution in [0, 0.1) is 11.3 Å². The van der Waals surface area contributed by atoms with E-state index in [4.69, 9.17) is 16.9 Å². The number of phenolic OH excluding ortho intramolecular Hbond substituents is 1. The number of hydrogen-bond donors (Lipinski definition) is 1. The van der Waals surface area contributed by atoms with E-state index in [1.165, 1.54) is 19.3 Å². The smallest absolute Gasteiger partial charge is 0.119 e. The topological polar surface area (TPSA) is 44.0 Å². The molecule has 0 unspecified atom stereocenters. The van der Waals surface area contributed by atoms with Gasteiger partial charge in [0.2, 0.25) is 0 Å². The number of nitrogens with zero attached hydrogens (tertiary/aromatic N) is 1. The van der Waals surface area contributed by atoms with Crippen LogP contribution in [0.1, 0.15) is 49.1 Å². The molecule has 0 radical (unpaired) electrons. The molecule has 2 aromatic rings. The summed E-state index contributed by atoms with van der Waals surface area (Å²) in [4.78, 5) is 0. The summed E-state index contributed by atoms with van der Waals surface area (Å²) in [7, 11) is 0. The highest BCUT2D eigenvalue weighted by molar-refractivity contribution is 6.33. The fraction of sp³-hybridized carbons (Fsp3) is 0.316. The Balaban J connectivity index is 2.17. The van der Waals surface area contributed by atoms with Gasteiger partial charge in [0.1, 0.15) is 5.75 Å². The van der Waals surface area contributed by atoms with Crippen LogP contribution >= 0.6 is 11.6 Å². The number of aromatic hydroxyl groups is 1. The minimum atomic E-state index is 0.314. The maximum Gasteiger partial charge on any atom is 0.119 e. The molecule has 112 valence electrons. The number of benzene rings is 2. The van der Waals surface area contributed by atoms with Crippen molar-refractivity contribution < 1.29 is 5.11 Å². The second-order valence-corrected chi connectivity index (χ2v) is 6.29. The Bertz CT molecular complexity index is 727. The van der Waals surface area contributed by atoms with E-state index >= 15 is 0 Å². The standard InChI is InChI=1S/C19H18ClNO/c20-16-9-10-17(22)19(14-6-2-1-3-7-14)18(16)15-8-4-5-13(11-15)12-21/h4-5,8-11,14,22H,1-3,6-7H2. The van der Waals surface area contributed by atoms with Gasteiger partial charge >= 0.3 is 0 Å². The van der Waals surface area contributed by atoms with Crippen molar-refractivity contribution in [3.05, 3.63) is 52.5 Å². The summed E-state index contributed by atoms with van der Waals surface area (Å²) in [5.41, 5.74) is 3.33. The van der Waals surface area contributed by atoms with Crippen molar-refractivity contribution in [2.45, 2.75) is 38.0 Å². The fourth-order valence-electron chi connectivity index (χ4n) is 3.42. The third kappa shape index (κ3) is 2.82. The second kappa shape index (κ2) is 6.42. The molecule has 0 aromatic heterocycles. The average molecular weight is 312 g/mol. The summed E-state index contributed by atoms with van der Waals surface area (Å²) in [6.45, 7) is 0. The molecule has 0 atom stereocenters. The Morgan fingerprint density at radius 3 is 2.59 bits per heavy atom. The second-order valence-electron chi connectivity index (χ2n) is 5.88. The number of rotatable bonds is 2. The van der Waals surface area contributed by atoms with Gasteiger partial charge < -0.3 is 5.11 Å². The Kier molecular flexibility index (Phi) is 4.36. The molecular weight excluding hydrogens is 294 g/mol. The zero-order valence-electron chi connectivity index (χ0n) is 12.3. The Morgan fingerprint density at radius 1 is 1.09 bits per heavy atom. The summed E-state index contributed by atoms with van der Waals surface area (Å²) in [6.07, 6.45) is 5.80. The molecule has 0 spiro atoms. The van der Waals surface area contributed by atoms with Crippen molar-refractivity contribution in [2.75, 3.05) is 0 Å². The summed E-state index contributed by atoms with van der Waals surface area (Å²) < 4.78 is 0. The van der Waals surface area contributed by atoms with E-state index < -0.39 is 0 Å². The Morgan fingerprint density at radius 2 is 1.86 bits per heavy atom. The predicted molar refractivity (Wildman–Crippen MR) is 89.1 cm³/mol. The zero-order chi connectivity index (χ0) is 15.5. The number of hydrogen-bond acceptors (Lipinski definition) is 2. The van der Waals surface area contributed by atoms with Crippen LogP contribution in [-0.2, 0) is 0 Å². The van der Waals surface area contributed by atoms with Crippen molar-refractivity contribution in [1.82, 2.24) is 0 Å². The minimum absolute atomic E-state index is 0.314. The molecule has 1 aliphatic carbocycles. The lowest BCUT2D eigenvalue weighted by atomic mass is 9.80. The van der Waals surface area contributed by atoms with Gasteiger partial charge in [-0.1, -0.05) is 43.0 Å². The molecule has 2 aromatic carbocycles. The molecule has 0 heterocycles. The van der Waals surface area contributed by atoms with Gasteiger partial charge in [0.25, 0.3) is 0 Å². The first-order valence-corrected chi connectivity index (χ1v) is 8.10. The van der Waals surface area contributed by atoms with Crippen LogP contribution in [0.3, 0.4) is 0 Å². The van der Waals surface area contributed by atoms with E-state index in [2.05, 4.69) is 6.07 Å². The lowest BCUT2D eigenvalue weighted by Gasteiger charge is -2.26. The summed E-state index contributed by atoms with van der Waals surface area (Å²) in [5.74, 6) is 0.654. The maximum absolute atomic E-state index is 10.4. The zero-order valence-corrected chi connectivity index (χ0v) is 13.1. The molecule has 1 fully saturated rings. The van der Waals surface area contributed by atoms with Gasteiger partial charge in [0.15, 0.2) is 0 Å². The summed E-state index contributed by atoms with van der Waals surface area (Å²) in [5, 5.41) is 20.2. The molecule has 1 aliphatic rings. The Hall–Kier alpha value is -1.98. The van der Waals surface area contributed by atoms with Gasteiger partial charge in [-0.3, -0.25) is 0 Å². The highest BCUT2D eigenvalue weighted by Crippen LogP contribution is 2.45. The monoisotopic (exact) mass is 311 g/mol. The van der Waals surface area contributed by atoms with Crippen molar-refractivity contribution in [3.63, 3.8) is 0 Å². The molecule has 0 amide bonds. The van der Waals surface area contributed by atoms with Crippen LogP contribution in [0.5, 0.6) is 5.75 Å². The number of halogens is 1. The minimum Gasteiger partial charge on any atom is -0.508 e. The predicted octanol–water partition coefficient (Wildman–Crippen LogP) is 5.63. The third-order valence-electron chi connectivity index (χ3n) is 4.47. The molecule has 2 nitrogen and oxygen atoms in total. The van der Waals surface area contributed by atoms with E-state index in [1.807, 2.05) is 18.2 Å². The normalized spacial score (nSPS) is 15.5. The molecule has 22 heavy (non-hydrogen) atoms. The van der Waals surface area contributed by atoms with Crippen molar-refractivity contribution in [1.29, 1.82) is 5.26 Å². The van der Waals surface area contributed by atoms with Gasteiger partial charge in [-0.15, -0.1) is 0 Å². The van der Waals surface area contributed by atoms with Gasteiger partial charge in [0, 0.05) is 16.1 Å². The van der Waals surface area contributed by atoms with Crippen LogP contribution in [0.4, 0.5) is 0 Å². The van der Waals surface area contributed by atoms with Gasteiger partial charge in [-0.05, 0) is 48.6 Å². The maximum atomic E-state index is 10.4. The third-order valence-corrected chi connectivity index (χ3v) is 4.78. The molecule has 0 bridgehead atoms. The molecular formula is C19H18ClNO. The van der Waals surface area contributed by atoms with Crippen LogP contribution in [0.25, 0.3) is 11.1 Å². The first-order valence-electron chi connectivity index (χ1n) is 7.72. The van der Waals surface area contributed by atoms with E-state index in [-0.39, 0.29) is 0 Å². The summed E-state index contributed by atoms with van der Waals surface area (Å²) in [6, 6.07) is 13.0. The lowest BCUT2D eigenvalue weighted by Crippen LogP contribution is -2.07. The molecule has 0 saturated heterocycles. The van der Waals surface area contributed by atoms with Crippen molar-refractivity contribution >= 4 is 11.6 Å². The quantitative estimate of drug-likeness (QED) is 0.780. The fourth-order valence-corrected chi connectivity index (χ4v) is 3.70.